The maximum Gasteiger partial charge on any atom is 0.355 e. The van der Waals surface area contributed by atoms with Gasteiger partial charge in [0, 0.05) is 24.4 Å². The highest BCUT2D eigenvalue weighted by Gasteiger charge is 2.48. The molecule has 0 aromatic carbocycles. The van der Waals surface area contributed by atoms with E-state index in [-0.39, 0.29) is 23.6 Å². The van der Waals surface area contributed by atoms with Gasteiger partial charge in [-0.2, -0.15) is 0 Å². The standard InChI is InChI=1S/C14H19N3O3S/c15-12-8-2-1-7(5-8)11(12)13(18)16-4-3-10-17-9(6-21-10)14(19)20/h6-8,11-12H,1-5,15H2,(H,16,18)(H,19,20). The van der Waals surface area contributed by atoms with Crippen molar-refractivity contribution in [3.05, 3.63) is 16.1 Å². The molecule has 3 rings (SSSR count). The molecule has 0 aliphatic heterocycles. The van der Waals surface area contributed by atoms with Crippen molar-refractivity contribution in [3.8, 4) is 0 Å². The van der Waals surface area contributed by atoms with Crippen LogP contribution in [0.5, 0.6) is 0 Å². The summed E-state index contributed by atoms with van der Waals surface area (Å²) in [7, 11) is 0. The van der Waals surface area contributed by atoms with Gasteiger partial charge in [-0.3, -0.25) is 4.79 Å². The molecular formula is C14H19N3O3S. The van der Waals surface area contributed by atoms with E-state index in [0.29, 0.717) is 24.8 Å². The number of nitrogens with two attached hydrogens (primary N) is 1. The molecule has 4 atom stereocenters. The first-order valence-electron chi connectivity index (χ1n) is 7.27. The number of carbonyl (C=O) groups excluding carboxylic acids is 1. The van der Waals surface area contributed by atoms with Gasteiger partial charge in [-0.1, -0.05) is 0 Å². The van der Waals surface area contributed by atoms with Crippen molar-refractivity contribution >= 4 is 23.2 Å². The lowest BCUT2D eigenvalue weighted by Gasteiger charge is -2.26. The van der Waals surface area contributed by atoms with Gasteiger partial charge in [-0.15, -0.1) is 11.3 Å². The fourth-order valence-electron chi connectivity index (χ4n) is 3.66. The molecule has 2 fully saturated rings. The zero-order valence-electron chi connectivity index (χ0n) is 11.6. The van der Waals surface area contributed by atoms with Gasteiger partial charge in [0.05, 0.1) is 10.9 Å². The van der Waals surface area contributed by atoms with Crippen molar-refractivity contribution < 1.29 is 14.7 Å². The zero-order chi connectivity index (χ0) is 15.0. The Labute approximate surface area is 126 Å². The van der Waals surface area contributed by atoms with Crippen molar-refractivity contribution in [3.63, 3.8) is 0 Å². The van der Waals surface area contributed by atoms with Crippen molar-refractivity contribution in [2.45, 2.75) is 31.7 Å². The van der Waals surface area contributed by atoms with E-state index >= 15 is 0 Å². The highest BCUT2D eigenvalue weighted by atomic mass is 32.1. The Morgan fingerprint density at radius 1 is 1.43 bits per heavy atom. The lowest BCUT2D eigenvalue weighted by molar-refractivity contribution is -0.127. The van der Waals surface area contributed by atoms with Gasteiger partial charge in [0.25, 0.3) is 0 Å². The topological polar surface area (TPSA) is 105 Å². The minimum absolute atomic E-state index is 0.00206. The molecule has 1 heterocycles. The Kier molecular flexibility index (Phi) is 3.95. The molecule has 1 aromatic heterocycles. The molecular weight excluding hydrogens is 290 g/mol. The average Bonchev–Trinajstić information content (AvgIpc) is 3.13. The smallest absolute Gasteiger partial charge is 0.355 e. The number of nitrogens with one attached hydrogen (secondary N) is 1. The number of carboxylic acids is 1. The summed E-state index contributed by atoms with van der Waals surface area (Å²) >= 11 is 1.31. The number of fused-ring (bicyclic) bond motifs is 2. The Bertz CT molecular complexity index is 557. The zero-order valence-corrected chi connectivity index (χ0v) is 12.4. The number of aromatic nitrogens is 1. The second-order valence-corrected chi connectivity index (χ2v) is 6.85. The third-order valence-electron chi connectivity index (χ3n) is 4.69. The normalized spacial score (nSPS) is 30.5. The van der Waals surface area contributed by atoms with Crippen molar-refractivity contribution in [2.24, 2.45) is 23.5 Å². The third-order valence-corrected chi connectivity index (χ3v) is 5.60. The Balaban J connectivity index is 1.49. The minimum atomic E-state index is -1.02. The summed E-state index contributed by atoms with van der Waals surface area (Å²) in [4.78, 5) is 27.0. The summed E-state index contributed by atoms with van der Waals surface area (Å²) in [5.74, 6) is -0.0554. The fourth-order valence-corrected chi connectivity index (χ4v) is 4.43. The fraction of sp³-hybridized carbons (Fsp3) is 0.643. The number of aromatic carboxylic acids is 1. The largest absolute Gasteiger partial charge is 0.476 e. The highest BCUT2D eigenvalue weighted by Crippen LogP contribution is 2.47. The second kappa shape index (κ2) is 5.73. The van der Waals surface area contributed by atoms with Crippen molar-refractivity contribution in [1.29, 1.82) is 0 Å². The molecule has 6 nitrogen and oxygen atoms in total. The summed E-state index contributed by atoms with van der Waals surface area (Å²) in [6.07, 6.45) is 3.92. The molecule has 4 unspecified atom stereocenters. The second-order valence-electron chi connectivity index (χ2n) is 5.91. The van der Waals surface area contributed by atoms with Crippen LogP contribution in [0.2, 0.25) is 0 Å². The van der Waals surface area contributed by atoms with Gasteiger partial charge in [0.2, 0.25) is 5.91 Å². The molecule has 7 heteroatoms. The summed E-state index contributed by atoms with van der Waals surface area (Å²) < 4.78 is 0. The molecule has 114 valence electrons. The van der Waals surface area contributed by atoms with E-state index in [4.69, 9.17) is 10.8 Å². The van der Waals surface area contributed by atoms with Gasteiger partial charge in [0.1, 0.15) is 0 Å². The molecule has 2 saturated carbocycles. The van der Waals surface area contributed by atoms with Gasteiger partial charge < -0.3 is 16.2 Å². The van der Waals surface area contributed by atoms with E-state index < -0.39 is 5.97 Å². The number of amides is 1. The van der Waals surface area contributed by atoms with E-state index in [9.17, 15) is 9.59 Å². The first kappa shape index (κ1) is 14.5. The van der Waals surface area contributed by atoms with E-state index in [1.807, 2.05) is 0 Å². The van der Waals surface area contributed by atoms with Crippen LogP contribution in [-0.2, 0) is 11.2 Å². The van der Waals surface area contributed by atoms with E-state index in [1.54, 1.807) is 0 Å². The summed E-state index contributed by atoms with van der Waals surface area (Å²) in [6, 6.07) is 0.00206. The number of carboxylic acid groups (broad SMARTS) is 1. The summed E-state index contributed by atoms with van der Waals surface area (Å²) in [5, 5.41) is 14.0. The Hall–Kier alpha value is -1.47. The molecule has 0 spiro atoms. The minimum Gasteiger partial charge on any atom is -0.476 e. The van der Waals surface area contributed by atoms with Crippen molar-refractivity contribution in [2.75, 3.05) is 6.54 Å². The SMILES string of the molecule is NC1C2CCC(C2)C1C(=O)NCCc1nc(C(=O)O)cs1. The summed E-state index contributed by atoms with van der Waals surface area (Å²) in [6.45, 7) is 0.478. The molecule has 0 radical (unpaired) electrons. The predicted molar refractivity (Wildman–Crippen MR) is 78.1 cm³/mol. The molecule has 1 aromatic rings. The molecule has 4 N–H and O–H groups in total. The van der Waals surface area contributed by atoms with Crippen LogP contribution in [0.25, 0.3) is 0 Å². The van der Waals surface area contributed by atoms with Gasteiger partial charge in [-0.05, 0) is 31.1 Å². The number of nitrogens with zero attached hydrogens (tertiary/aromatic N) is 1. The van der Waals surface area contributed by atoms with Gasteiger partial charge >= 0.3 is 5.97 Å². The van der Waals surface area contributed by atoms with E-state index in [2.05, 4.69) is 10.3 Å². The maximum atomic E-state index is 12.2. The quantitative estimate of drug-likeness (QED) is 0.748. The first-order chi connectivity index (χ1) is 10.1. The molecule has 2 aliphatic carbocycles. The van der Waals surface area contributed by atoms with Crippen LogP contribution >= 0.6 is 11.3 Å². The van der Waals surface area contributed by atoms with Crippen LogP contribution in [-0.4, -0.2) is 34.6 Å². The average molecular weight is 309 g/mol. The van der Waals surface area contributed by atoms with Crippen LogP contribution < -0.4 is 11.1 Å². The number of hydrogen-bond acceptors (Lipinski definition) is 5. The summed E-state index contributed by atoms with van der Waals surface area (Å²) in [5.41, 5.74) is 6.21. The van der Waals surface area contributed by atoms with Crippen LogP contribution in [0, 0.1) is 17.8 Å². The number of thiazole rings is 1. The number of carbonyl (C=O) groups is 2. The molecule has 0 saturated heterocycles. The Morgan fingerprint density at radius 2 is 2.19 bits per heavy atom. The van der Waals surface area contributed by atoms with Crippen LogP contribution in [0.15, 0.2) is 5.38 Å². The Morgan fingerprint density at radius 3 is 2.81 bits per heavy atom. The van der Waals surface area contributed by atoms with Crippen LogP contribution in [0.3, 0.4) is 0 Å². The number of hydrogen-bond donors (Lipinski definition) is 3. The van der Waals surface area contributed by atoms with E-state index in [0.717, 1.165) is 24.3 Å². The highest BCUT2D eigenvalue weighted by molar-refractivity contribution is 7.09. The van der Waals surface area contributed by atoms with E-state index in [1.165, 1.54) is 16.7 Å². The van der Waals surface area contributed by atoms with Crippen molar-refractivity contribution in [1.82, 2.24) is 10.3 Å². The lowest BCUT2D eigenvalue weighted by atomic mass is 9.84. The first-order valence-corrected chi connectivity index (χ1v) is 8.15. The molecule has 2 aliphatic rings. The number of rotatable bonds is 5. The maximum absolute atomic E-state index is 12.2. The predicted octanol–water partition coefficient (Wildman–Crippen LogP) is 0.873. The molecule has 2 bridgehead atoms. The molecule has 21 heavy (non-hydrogen) atoms. The van der Waals surface area contributed by atoms with Crippen LogP contribution in [0.4, 0.5) is 0 Å². The van der Waals surface area contributed by atoms with Gasteiger partial charge in [0.15, 0.2) is 5.69 Å². The van der Waals surface area contributed by atoms with Crippen LogP contribution in [0.1, 0.15) is 34.8 Å². The van der Waals surface area contributed by atoms with Gasteiger partial charge in [-0.25, -0.2) is 9.78 Å². The third kappa shape index (κ3) is 2.80. The molecule has 1 amide bonds. The monoisotopic (exact) mass is 309 g/mol. The lowest BCUT2D eigenvalue weighted by Crippen LogP contribution is -2.45.